The minimum absolute atomic E-state index is 0.0480. The summed E-state index contributed by atoms with van der Waals surface area (Å²) in [5.41, 5.74) is 2.90. The van der Waals surface area contributed by atoms with Crippen LogP contribution in [0, 0.1) is 20.8 Å². The maximum Gasteiger partial charge on any atom is 0.325 e. The Hall–Kier alpha value is -4.53. The molecule has 13 nitrogen and oxygen atoms in total. The van der Waals surface area contributed by atoms with Gasteiger partial charge in [0.2, 0.25) is 21.4 Å². The zero-order valence-electron chi connectivity index (χ0n) is 26.9. The summed E-state index contributed by atoms with van der Waals surface area (Å²) < 4.78 is 37.6. The van der Waals surface area contributed by atoms with E-state index in [4.69, 9.17) is 4.74 Å². The van der Waals surface area contributed by atoms with Crippen molar-refractivity contribution in [3.05, 3.63) is 87.0 Å². The molecule has 0 aliphatic rings. The van der Waals surface area contributed by atoms with Crippen molar-refractivity contribution >= 4 is 38.8 Å². The Kier molecular flexibility index (Phi) is 11.0. The van der Waals surface area contributed by atoms with Gasteiger partial charge in [0.05, 0.1) is 17.5 Å². The van der Waals surface area contributed by atoms with Gasteiger partial charge in [-0.1, -0.05) is 23.8 Å². The summed E-state index contributed by atoms with van der Waals surface area (Å²) in [6.45, 7) is 6.47. The molecule has 0 saturated heterocycles. The number of imidazole rings is 1. The van der Waals surface area contributed by atoms with Gasteiger partial charge in [0.1, 0.15) is 11.6 Å². The number of amides is 1. The molecule has 2 aromatic heterocycles. The van der Waals surface area contributed by atoms with Crippen LogP contribution < -0.4 is 26.1 Å². The Bertz CT molecular complexity index is 1890. The van der Waals surface area contributed by atoms with E-state index in [0.717, 1.165) is 31.2 Å². The summed E-state index contributed by atoms with van der Waals surface area (Å²) in [6, 6.07) is 7.44. The lowest BCUT2D eigenvalue weighted by Gasteiger charge is -2.20. The average Bonchev–Trinajstić information content (AvgIpc) is 3.42. The van der Waals surface area contributed by atoms with Crippen LogP contribution in [-0.2, 0) is 39.7 Å². The lowest BCUT2D eigenvalue weighted by atomic mass is 10.1. The first kappa shape index (κ1) is 34.3. The van der Waals surface area contributed by atoms with Gasteiger partial charge in [-0.05, 0) is 69.6 Å². The van der Waals surface area contributed by atoms with Crippen molar-refractivity contribution in [2.75, 3.05) is 32.6 Å². The average molecular weight is 652 g/mol. The van der Waals surface area contributed by atoms with E-state index in [0.29, 0.717) is 41.1 Å². The van der Waals surface area contributed by atoms with Gasteiger partial charge in [0.15, 0.2) is 0 Å². The smallest absolute Gasteiger partial charge is 0.325 e. The number of hydrogen-bond donors (Lipinski definition) is 4. The summed E-state index contributed by atoms with van der Waals surface area (Å²) in [7, 11) is 0.684. The molecule has 0 saturated carbocycles. The van der Waals surface area contributed by atoms with Crippen LogP contribution in [0.15, 0.2) is 58.6 Å². The van der Waals surface area contributed by atoms with Gasteiger partial charge < -0.3 is 29.8 Å². The fourth-order valence-corrected chi connectivity index (χ4v) is 7.12. The molecule has 0 bridgehead atoms. The Labute approximate surface area is 268 Å². The maximum atomic E-state index is 13.6. The lowest BCUT2D eigenvalue weighted by Crippen LogP contribution is -2.49. The second-order valence-corrected chi connectivity index (χ2v) is 12.9. The Morgan fingerprint density at radius 3 is 2.43 bits per heavy atom. The highest BCUT2D eigenvalue weighted by molar-refractivity contribution is 7.89. The van der Waals surface area contributed by atoms with Crippen molar-refractivity contribution in [3.8, 4) is 0 Å². The molecule has 1 unspecified atom stereocenters. The van der Waals surface area contributed by atoms with Crippen LogP contribution in [0.3, 0.4) is 0 Å². The minimum atomic E-state index is -4.17. The molecule has 14 heteroatoms. The second-order valence-electron chi connectivity index (χ2n) is 11.2. The first-order valence-electron chi connectivity index (χ1n) is 14.8. The normalized spacial score (nSPS) is 12.2. The highest BCUT2D eigenvalue weighted by Crippen LogP contribution is 2.22. The largest absolute Gasteiger partial charge is 0.468 e. The van der Waals surface area contributed by atoms with E-state index in [1.807, 2.05) is 48.5 Å². The highest BCUT2D eigenvalue weighted by atomic mass is 32.2. The summed E-state index contributed by atoms with van der Waals surface area (Å²) >= 11 is 0. The molecule has 246 valence electrons. The van der Waals surface area contributed by atoms with Crippen LogP contribution in [0.25, 0.3) is 10.9 Å². The summed E-state index contributed by atoms with van der Waals surface area (Å²) in [5, 5.41) is 9.30. The molecule has 2 aromatic carbocycles. The van der Waals surface area contributed by atoms with Crippen LogP contribution in [-0.4, -0.2) is 67.7 Å². The van der Waals surface area contributed by atoms with E-state index in [-0.39, 0.29) is 10.5 Å². The molecule has 0 fully saturated rings. The molecule has 0 spiro atoms. The van der Waals surface area contributed by atoms with E-state index in [1.54, 1.807) is 38.2 Å². The maximum absolute atomic E-state index is 13.6. The first-order chi connectivity index (χ1) is 21.9. The van der Waals surface area contributed by atoms with Crippen molar-refractivity contribution in [1.82, 2.24) is 29.5 Å². The molecular formula is C32H41N7O6S. The molecule has 4 aromatic rings. The first-order valence-corrected chi connectivity index (χ1v) is 16.3. The second kappa shape index (κ2) is 14.7. The van der Waals surface area contributed by atoms with Crippen LogP contribution in [0.1, 0.15) is 39.0 Å². The van der Waals surface area contributed by atoms with Crippen LogP contribution in [0.5, 0.6) is 0 Å². The third kappa shape index (κ3) is 7.81. The van der Waals surface area contributed by atoms with Gasteiger partial charge in [0.25, 0.3) is 5.91 Å². The number of nitrogens with one attached hydrogen (secondary N) is 4. The van der Waals surface area contributed by atoms with E-state index >= 15 is 0 Å². The van der Waals surface area contributed by atoms with Gasteiger partial charge in [-0.2, -0.15) is 4.72 Å². The highest BCUT2D eigenvalue weighted by Gasteiger charge is 2.29. The molecule has 1 amide bonds. The lowest BCUT2D eigenvalue weighted by molar-refractivity contribution is -0.142. The predicted molar refractivity (Wildman–Crippen MR) is 176 cm³/mol. The number of hydrogen-bond acceptors (Lipinski definition) is 9. The van der Waals surface area contributed by atoms with Crippen molar-refractivity contribution in [2.24, 2.45) is 7.05 Å². The third-order valence-electron chi connectivity index (χ3n) is 7.61. The standard InChI is InChI=1S/C32H41N7O6S/c1-20-14-21(2)29(22(3)15-20)46(43,44)37-26(31(42)45-6)18-35-30(41)25-19-39(12-7-10-33-4)27-16-23(8-9-24(27)28(25)40)17-36-32-34-11-13-38(32)5/h8-9,11,13-16,19,26,33,37H,7,10,12,17-18H2,1-6H3,(H,34,36)(H,35,41). The number of rotatable bonds is 14. The third-order valence-corrected chi connectivity index (χ3v) is 9.39. The number of sulfonamides is 1. The predicted octanol–water partition coefficient (Wildman–Crippen LogP) is 2.13. The van der Waals surface area contributed by atoms with Crippen LogP contribution in [0.4, 0.5) is 5.95 Å². The van der Waals surface area contributed by atoms with Gasteiger partial charge in [0, 0.05) is 50.7 Å². The molecule has 46 heavy (non-hydrogen) atoms. The molecule has 4 rings (SSSR count). The molecule has 2 heterocycles. The number of fused-ring (bicyclic) bond motifs is 1. The fourth-order valence-electron chi connectivity index (χ4n) is 5.48. The molecule has 0 aliphatic heterocycles. The van der Waals surface area contributed by atoms with E-state index in [1.165, 1.54) is 6.20 Å². The number of benzene rings is 2. The van der Waals surface area contributed by atoms with Crippen molar-refractivity contribution < 1.29 is 22.7 Å². The minimum Gasteiger partial charge on any atom is -0.468 e. The monoisotopic (exact) mass is 651 g/mol. The van der Waals surface area contributed by atoms with Gasteiger partial charge in [-0.15, -0.1) is 0 Å². The number of aryl methyl sites for hydroxylation is 5. The zero-order chi connectivity index (χ0) is 33.6. The number of pyridine rings is 1. The number of esters is 1. The van der Waals surface area contributed by atoms with Gasteiger partial charge in [-0.3, -0.25) is 14.4 Å². The Balaban J connectivity index is 1.60. The van der Waals surface area contributed by atoms with Gasteiger partial charge >= 0.3 is 5.97 Å². The van der Waals surface area contributed by atoms with E-state index < -0.39 is 39.9 Å². The van der Waals surface area contributed by atoms with Crippen molar-refractivity contribution in [1.29, 1.82) is 0 Å². The number of aromatic nitrogens is 3. The molecule has 0 radical (unpaired) electrons. The number of nitrogens with zero attached hydrogens (tertiary/aromatic N) is 3. The van der Waals surface area contributed by atoms with E-state index in [9.17, 15) is 22.8 Å². The molecule has 1 atom stereocenters. The van der Waals surface area contributed by atoms with E-state index in [2.05, 4.69) is 25.7 Å². The molecule has 4 N–H and O–H groups in total. The number of ether oxygens (including phenoxy) is 1. The summed E-state index contributed by atoms with van der Waals surface area (Å²) in [5.74, 6) is -0.929. The Morgan fingerprint density at radius 1 is 1.09 bits per heavy atom. The summed E-state index contributed by atoms with van der Waals surface area (Å²) in [6.07, 6.45) is 5.77. The number of carbonyl (C=O) groups excluding carboxylic acids is 2. The SMILES string of the molecule is CNCCCn1cc(C(=O)NCC(NS(=O)(=O)c2c(C)cc(C)cc2C)C(=O)OC)c(=O)c2ccc(CNc3nccn3C)cc21. The van der Waals surface area contributed by atoms with Crippen molar-refractivity contribution in [3.63, 3.8) is 0 Å². The summed E-state index contributed by atoms with van der Waals surface area (Å²) in [4.78, 5) is 44.0. The molecular weight excluding hydrogens is 610 g/mol. The van der Waals surface area contributed by atoms with Crippen molar-refractivity contribution in [2.45, 2.75) is 51.2 Å². The van der Waals surface area contributed by atoms with Crippen LogP contribution >= 0.6 is 0 Å². The molecule has 0 aliphatic carbocycles. The van der Waals surface area contributed by atoms with Gasteiger partial charge in [-0.25, -0.2) is 13.4 Å². The number of anilines is 1. The quantitative estimate of drug-likeness (QED) is 0.118. The zero-order valence-corrected chi connectivity index (χ0v) is 27.7. The van der Waals surface area contributed by atoms with Crippen LogP contribution in [0.2, 0.25) is 0 Å². The topological polar surface area (TPSA) is 165 Å². The Morgan fingerprint density at radius 2 is 1.80 bits per heavy atom. The number of methoxy groups -OCH3 is 1. The number of carbonyl (C=O) groups is 2. The fraction of sp³-hybridized carbons (Fsp3) is 0.375.